The van der Waals surface area contributed by atoms with Gasteiger partial charge in [0.05, 0.1) is 6.54 Å². The van der Waals surface area contributed by atoms with E-state index >= 15 is 0 Å². The monoisotopic (exact) mass is 316 g/mol. The van der Waals surface area contributed by atoms with Gasteiger partial charge in [0.15, 0.2) is 0 Å². The minimum Gasteiger partial charge on any atom is -0.353 e. The van der Waals surface area contributed by atoms with Gasteiger partial charge < -0.3 is 5.32 Å². The summed E-state index contributed by atoms with van der Waals surface area (Å²) in [6.45, 7) is 0.650. The first-order valence-corrected chi connectivity index (χ1v) is 7.46. The summed E-state index contributed by atoms with van der Waals surface area (Å²) in [6.07, 6.45) is 5.02. The van der Waals surface area contributed by atoms with E-state index in [2.05, 4.69) is 37.0 Å². The SMILES string of the molecule is NNC(=NCc1sccc1Br)NC1CCCC1. The molecule has 0 amide bonds. The average Bonchev–Trinajstić information content (AvgIpc) is 2.96. The van der Waals surface area contributed by atoms with Crippen molar-refractivity contribution in [3.8, 4) is 0 Å². The van der Waals surface area contributed by atoms with Crippen LogP contribution in [-0.2, 0) is 6.54 Å². The van der Waals surface area contributed by atoms with Gasteiger partial charge in [0, 0.05) is 15.4 Å². The van der Waals surface area contributed by atoms with E-state index in [4.69, 9.17) is 5.84 Å². The van der Waals surface area contributed by atoms with Gasteiger partial charge in [-0.1, -0.05) is 12.8 Å². The van der Waals surface area contributed by atoms with Crippen LogP contribution in [0.2, 0.25) is 0 Å². The van der Waals surface area contributed by atoms with Gasteiger partial charge in [0.25, 0.3) is 0 Å². The molecule has 1 fully saturated rings. The smallest absolute Gasteiger partial charge is 0.206 e. The van der Waals surface area contributed by atoms with E-state index in [-0.39, 0.29) is 0 Å². The van der Waals surface area contributed by atoms with Gasteiger partial charge in [-0.15, -0.1) is 11.3 Å². The second-order valence-corrected chi connectivity index (χ2v) is 5.98. The first-order valence-electron chi connectivity index (χ1n) is 5.79. The highest BCUT2D eigenvalue weighted by Gasteiger charge is 2.15. The van der Waals surface area contributed by atoms with E-state index in [1.165, 1.54) is 30.6 Å². The molecule has 0 radical (unpaired) electrons. The lowest BCUT2D eigenvalue weighted by Gasteiger charge is -2.14. The first-order chi connectivity index (χ1) is 8.29. The van der Waals surface area contributed by atoms with E-state index in [0.717, 1.165) is 4.47 Å². The fourth-order valence-corrected chi connectivity index (χ4v) is 3.39. The Morgan fingerprint density at radius 2 is 2.29 bits per heavy atom. The molecule has 1 aromatic rings. The van der Waals surface area contributed by atoms with Gasteiger partial charge in [-0.2, -0.15) is 0 Å². The highest BCUT2D eigenvalue weighted by Crippen LogP contribution is 2.23. The van der Waals surface area contributed by atoms with Crippen LogP contribution in [0.1, 0.15) is 30.6 Å². The van der Waals surface area contributed by atoms with E-state index in [1.54, 1.807) is 11.3 Å². The van der Waals surface area contributed by atoms with Crippen molar-refractivity contribution in [1.29, 1.82) is 0 Å². The maximum absolute atomic E-state index is 5.48. The predicted octanol–water partition coefficient (Wildman–Crippen LogP) is 2.36. The molecule has 1 aliphatic rings. The number of hydrogen-bond acceptors (Lipinski definition) is 3. The van der Waals surface area contributed by atoms with Crippen molar-refractivity contribution in [1.82, 2.24) is 10.7 Å². The summed E-state index contributed by atoms with van der Waals surface area (Å²) in [5.41, 5.74) is 2.64. The highest BCUT2D eigenvalue weighted by molar-refractivity contribution is 9.10. The summed E-state index contributed by atoms with van der Waals surface area (Å²) in [4.78, 5) is 5.67. The Balaban J connectivity index is 1.90. The van der Waals surface area contributed by atoms with Crippen LogP contribution in [0.4, 0.5) is 0 Å². The maximum Gasteiger partial charge on any atom is 0.206 e. The summed E-state index contributed by atoms with van der Waals surface area (Å²) in [7, 11) is 0. The van der Waals surface area contributed by atoms with Gasteiger partial charge >= 0.3 is 0 Å². The van der Waals surface area contributed by atoms with Crippen molar-refractivity contribution < 1.29 is 0 Å². The molecular formula is C11H17BrN4S. The Bertz CT molecular complexity index is 385. The molecule has 0 bridgehead atoms. The topological polar surface area (TPSA) is 62.4 Å². The second kappa shape index (κ2) is 6.37. The zero-order chi connectivity index (χ0) is 12.1. The molecule has 94 valence electrons. The van der Waals surface area contributed by atoms with Crippen LogP contribution in [0.5, 0.6) is 0 Å². The van der Waals surface area contributed by atoms with Crippen molar-refractivity contribution in [2.45, 2.75) is 38.3 Å². The molecular weight excluding hydrogens is 300 g/mol. The Morgan fingerprint density at radius 1 is 1.53 bits per heavy atom. The van der Waals surface area contributed by atoms with E-state index in [1.807, 2.05) is 6.07 Å². The fourth-order valence-electron chi connectivity index (χ4n) is 1.99. The van der Waals surface area contributed by atoms with Gasteiger partial charge in [-0.05, 0) is 40.2 Å². The van der Waals surface area contributed by atoms with Crippen LogP contribution in [0.15, 0.2) is 20.9 Å². The Labute approximate surface area is 114 Å². The molecule has 0 aromatic carbocycles. The number of thiophene rings is 1. The lowest BCUT2D eigenvalue weighted by atomic mass is 10.2. The molecule has 6 heteroatoms. The van der Waals surface area contributed by atoms with Crippen molar-refractivity contribution in [2.24, 2.45) is 10.8 Å². The zero-order valence-corrected chi connectivity index (χ0v) is 12.0. The second-order valence-electron chi connectivity index (χ2n) is 4.13. The number of guanidine groups is 1. The number of nitrogens with two attached hydrogens (primary N) is 1. The minimum absolute atomic E-state index is 0.525. The molecule has 0 spiro atoms. The number of hydrazine groups is 1. The highest BCUT2D eigenvalue weighted by atomic mass is 79.9. The molecule has 4 N–H and O–H groups in total. The zero-order valence-electron chi connectivity index (χ0n) is 9.58. The number of halogens is 1. The number of nitrogens with zero attached hydrogens (tertiary/aromatic N) is 1. The normalized spacial score (nSPS) is 17.4. The van der Waals surface area contributed by atoms with Gasteiger partial charge in [-0.3, -0.25) is 5.43 Å². The lowest BCUT2D eigenvalue weighted by Crippen LogP contribution is -2.45. The standard InChI is InChI=1S/C11H17BrN4S/c12-9-5-6-17-10(9)7-14-11(16-13)15-8-3-1-2-4-8/h5-6,8H,1-4,7,13H2,(H2,14,15,16). The van der Waals surface area contributed by atoms with E-state index in [0.29, 0.717) is 18.5 Å². The Hall–Kier alpha value is -0.590. The van der Waals surface area contributed by atoms with E-state index < -0.39 is 0 Å². The van der Waals surface area contributed by atoms with Crippen LogP contribution < -0.4 is 16.6 Å². The largest absolute Gasteiger partial charge is 0.353 e. The molecule has 1 aliphatic carbocycles. The van der Waals surface area contributed by atoms with Crippen LogP contribution >= 0.6 is 27.3 Å². The lowest BCUT2D eigenvalue weighted by molar-refractivity contribution is 0.614. The average molecular weight is 317 g/mol. The summed E-state index contributed by atoms with van der Waals surface area (Å²) in [5, 5.41) is 5.40. The van der Waals surface area contributed by atoms with Crippen LogP contribution in [0.25, 0.3) is 0 Å². The van der Waals surface area contributed by atoms with Crippen molar-refractivity contribution in [3.05, 3.63) is 20.8 Å². The summed E-state index contributed by atoms with van der Waals surface area (Å²) < 4.78 is 1.11. The van der Waals surface area contributed by atoms with Gasteiger partial charge in [0.1, 0.15) is 0 Å². The molecule has 4 nitrogen and oxygen atoms in total. The van der Waals surface area contributed by atoms with Gasteiger partial charge in [0.2, 0.25) is 5.96 Å². The van der Waals surface area contributed by atoms with Crippen LogP contribution in [-0.4, -0.2) is 12.0 Å². The molecule has 2 rings (SSSR count). The number of nitrogens with one attached hydrogen (secondary N) is 2. The van der Waals surface area contributed by atoms with Crippen molar-refractivity contribution in [2.75, 3.05) is 0 Å². The van der Waals surface area contributed by atoms with Crippen LogP contribution in [0.3, 0.4) is 0 Å². The molecule has 0 aliphatic heterocycles. The molecule has 1 heterocycles. The summed E-state index contributed by atoms with van der Waals surface area (Å²) in [6, 6.07) is 2.56. The third kappa shape index (κ3) is 3.69. The third-order valence-electron chi connectivity index (χ3n) is 2.90. The first kappa shape index (κ1) is 12.9. The quantitative estimate of drug-likeness (QED) is 0.347. The molecule has 0 atom stereocenters. The molecule has 0 saturated heterocycles. The minimum atomic E-state index is 0.525. The van der Waals surface area contributed by atoms with Gasteiger partial charge in [-0.25, -0.2) is 10.8 Å². The fraction of sp³-hybridized carbons (Fsp3) is 0.545. The maximum atomic E-state index is 5.48. The predicted molar refractivity (Wildman–Crippen MR) is 75.9 cm³/mol. The Kier molecular flexibility index (Phi) is 4.82. The molecule has 1 saturated carbocycles. The summed E-state index contributed by atoms with van der Waals surface area (Å²) in [5.74, 6) is 6.17. The molecule has 0 unspecified atom stereocenters. The summed E-state index contributed by atoms with van der Waals surface area (Å²) >= 11 is 5.19. The molecule has 17 heavy (non-hydrogen) atoms. The van der Waals surface area contributed by atoms with Crippen molar-refractivity contribution in [3.63, 3.8) is 0 Å². The van der Waals surface area contributed by atoms with E-state index in [9.17, 15) is 0 Å². The van der Waals surface area contributed by atoms with Crippen LogP contribution in [0, 0.1) is 0 Å². The van der Waals surface area contributed by atoms with Crippen molar-refractivity contribution >= 4 is 33.2 Å². The number of rotatable bonds is 3. The Morgan fingerprint density at radius 3 is 2.88 bits per heavy atom. The number of hydrogen-bond donors (Lipinski definition) is 3. The molecule has 1 aromatic heterocycles. The third-order valence-corrected chi connectivity index (χ3v) is 4.82. The number of aliphatic imine (C=N–C) groups is 1.